The molecule has 0 radical (unpaired) electrons. The van der Waals surface area contributed by atoms with Gasteiger partial charge in [0.2, 0.25) is 5.91 Å². The van der Waals surface area contributed by atoms with Crippen LogP contribution < -0.4 is 10.6 Å². The number of nitrogens with zero attached hydrogens (tertiary/aromatic N) is 3. The molecule has 1 aromatic heterocycles. The van der Waals surface area contributed by atoms with Gasteiger partial charge in [-0.15, -0.1) is 16.8 Å². The Bertz CT molecular complexity index is 1250. The second-order valence-electron chi connectivity index (χ2n) is 8.34. The first-order chi connectivity index (χ1) is 17.2. The maximum absolute atomic E-state index is 13.0. The van der Waals surface area contributed by atoms with Gasteiger partial charge in [0.25, 0.3) is 5.91 Å². The zero-order valence-electron chi connectivity index (χ0n) is 19.8. The molecule has 0 aliphatic carbocycles. The molecule has 1 heterocycles. The molecule has 190 valence electrons. The summed E-state index contributed by atoms with van der Waals surface area (Å²) in [5.74, 6) is 0.344. The van der Waals surface area contributed by atoms with Crippen LogP contribution in [0.2, 0.25) is 15.1 Å². The first kappa shape index (κ1) is 28.1. The lowest BCUT2D eigenvalue weighted by Gasteiger charge is -2.21. The van der Waals surface area contributed by atoms with Gasteiger partial charge in [-0.3, -0.25) is 9.59 Å². The van der Waals surface area contributed by atoms with E-state index in [-0.39, 0.29) is 28.5 Å². The van der Waals surface area contributed by atoms with E-state index in [4.69, 9.17) is 34.8 Å². The number of anilines is 1. The fourth-order valence-electron chi connectivity index (χ4n) is 3.45. The Morgan fingerprint density at radius 3 is 2.53 bits per heavy atom. The summed E-state index contributed by atoms with van der Waals surface area (Å²) in [4.78, 5) is 25.6. The van der Waals surface area contributed by atoms with E-state index in [1.54, 1.807) is 42.5 Å². The van der Waals surface area contributed by atoms with Crippen LogP contribution in [-0.2, 0) is 11.3 Å². The molecule has 0 bridgehead atoms. The Kier molecular flexibility index (Phi) is 10.2. The molecule has 2 amide bonds. The summed E-state index contributed by atoms with van der Waals surface area (Å²) in [7, 11) is 0. The Labute approximate surface area is 229 Å². The zero-order valence-corrected chi connectivity index (χ0v) is 22.9. The molecule has 2 N–H and O–H groups in total. The molecule has 36 heavy (non-hydrogen) atoms. The maximum Gasteiger partial charge on any atom is 0.253 e. The van der Waals surface area contributed by atoms with E-state index in [1.165, 1.54) is 17.8 Å². The number of hydrogen-bond acceptors (Lipinski definition) is 5. The minimum absolute atomic E-state index is 0.0993. The van der Waals surface area contributed by atoms with E-state index in [0.717, 1.165) is 0 Å². The second-order valence-corrected chi connectivity index (χ2v) is 10.5. The van der Waals surface area contributed by atoms with Gasteiger partial charge in [-0.2, -0.15) is 0 Å². The van der Waals surface area contributed by atoms with Crippen LogP contribution >= 0.6 is 46.6 Å². The number of rotatable bonds is 11. The highest BCUT2D eigenvalue weighted by Crippen LogP contribution is 2.27. The number of thioether (sulfide) groups is 1. The first-order valence-electron chi connectivity index (χ1n) is 11.2. The summed E-state index contributed by atoms with van der Waals surface area (Å²) < 4.78 is 1.84. The lowest BCUT2D eigenvalue weighted by Crippen LogP contribution is -2.32. The van der Waals surface area contributed by atoms with Crippen molar-refractivity contribution in [2.75, 3.05) is 11.1 Å². The summed E-state index contributed by atoms with van der Waals surface area (Å²) in [6, 6.07) is 11.3. The summed E-state index contributed by atoms with van der Waals surface area (Å²) in [5.41, 5.74) is 0.856. The summed E-state index contributed by atoms with van der Waals surface area (Å²) in [6.07, 6.45) is 2.33. The van der Waals surface area contributed by atoms with Crippen LogP contribution in [0.25, 0.3) is 0 Å². The fraction of sp³-hybridized carbons (Fsp3) is 0.280. The number of benzene rings is 2. The van der Waals surface area contributed by atoms with E-state index in [9.17, 15) is 9.59 Å². The van der Waals surface area contributed by atoms with Gasteiger partial charge in [-0.1, -0.05) is 78.6 Å². The van der Waals surface area contributed by atoms with Gasteiger partial charge in [0.1, 0.15) is 0 Å². The minimum atomic E-state index is -0.442. The maximum atomic E-state index is 13.0. The smallest absolute Gasteiger partial charge is 0.253 e. The molecule has 11 heteroatoms. The molecule has 0 unspecified atom stereocenters. The standard InChI is InChI=1S/C25H26Cl3N5O2S/c1-4-11-33-23(21(12-15(2)3)30-24(35)17-10-9-16(26)13-19(17)28)31-32-25(33)36-14-22(34)29-20-8-6-5-7-18(20)27/h4-10,13,15,21H,1,11-12,14H2,2-3H3,(H,29,34)(H,30,35)/t21-/m1/s1. The molecule has 1 atom stereocenters. The average molecular weight is 567 g/mol. The van der Waals surface area contributed by atoms with Crippen LogP contribution in [0.15, 0.2) is 60.3 Å². The van der Waals surface area contributed by atoms with Crippen LogP contribution in [0, 0.1) is 5.92 Å². The highest BCUT2D eigenvalue weighted by molar-refractivity contribution is 7.99. The van der Waals surface area contributed by atoms with E-state index in [1.807, 2.05) is 4.57 Å². The Morgan fingerprint density at radius 2 is 1.86 bits per heavy atom. The number of aromatic nitrogens is 3. The molecule has 3 rings (SSSR count). The average Bonchev–Trinajstić information content (AvgIpc) is 3.21. The minimum Gasteiger partial charge on any atom is -0.342 e. The van der Waals surface area contributed by atoms with Crippen molar-refractivity contribution in [1.29, 1.82) is 0 Å². The molecular formula is C25H26Cl3N5O2S. The molecule has 3 aromatic rings. The van der Waals surface area contributed by atoms with Crippen molar-refractivity contribution in [2.24, 2.45) is 5.92 Å². The monoisotopic (exact) mass is 565 g/mol. The van der Waals surface area contributed by atoms with Gasteiger partial charge in [-0.25, -0.2) is 0 Å². The Hall–Kier alpha value is -2.52. The van der Waals surface area contributed by atoms with Gasteiger partial charge in [0.15, 0.2) is 11.0 Å². The predicted octanol–water partition coefficient (Wildman–Crippen LogP) is 6.67. The number of halogens is 3. The number of carbonyl (C=O) groups is 2. The predicted molar refractivity (Wildman–Crippen MR) is 147 cm³/mol. The number of hydrogen-bond donors (Lipinski definition) is 2. The third-order valence-corrected chi connectivity index (χ3v) is 6.88. The molecule has 0 fully saturated rings. The molecule has 0 aliphatic heterocycles. The molecular weight excluding hydrogens is 541 g/mol. The lowest BCUT2D eigenvalue weighted by molar-refractivity contribution is -0.113. The number of amides is 2. The normalized spacial score (nSPS) is 11.8. The number of carbonyl (C=O) groups excluding carboxylic acids is 2. The summed E-state index contributed by atoms with van der Waals surface area (Å²) in [5, 5.41) is 16.2. The largest absolute Gasteiger partial charge is 0.342 e. The topological polar surface area (TPSA) is 88.9 Å². The zero-order chi connectivity index (χ0) is 26.2. The molecule has 7 nitrogen and oxygen atoms in total. The molecule has 0 saturated heterocycles. The lowest BCUT2D eigenvalue weighted by atomic mass is 10.0. The van der Waals surface area contributed by atoms with Crippen molar-refractivity contribution in [3.8, 4) is 0 Å². The van der Waals surface area contributed by atoms with E-state index in [2.05, 4.69) is 41.3 Å². The third-order valence-electron chi connectivity index (χ3n) is 5.04. The van der Waals surface area contributed by atoms with Crippen molar-refractivity contribution in [1.82, 2.24) is 20.1 Å². The molecule has 2 aromatic carbocycles. The van der Waals surface area contributed by atoms with Gasteiger partial charge in [0.05, 0.1) is 33.1 Å². The van der Waals surface area contributed by atoms with E-state index >= 15 is 0 Å². The first-order valence-corrected chi connectivity index (χ1v) is 13.3. The van der Waals surface area contributed by atoms with Gasteiger partial charge in [-0.05, 0) is 42.7 Å². The summed E-state index contributed by atoms with van der Waals surface area (Å²) >= 11 is 19.6. The highest BCUT2D eigenvalue weighted by Gasteiger charge is 2.25. The van der Waals surface area contributed by atoms with Crippen molar-refractivity contribution >= 4 is 64.1 Å². The molecule has 0 saturated carbocycles. The fourth-order valence-corrected chi connectivity index (χ4v) is 4.89. The Balaban J connectivity index is 1.79. The van der Waals surface area contributed by atoms with Crippen molar-refractivity contribution < 1.29 is 9.59 Å². The Morgan fingerprint density at radius 1 is 1.11 bits per heavy atom. The van der Waals surface area contributed by atoms with Gasteiger partial charge in [0, 0.05) is 11.6 Å². The van der Waals surface area contributed by atoms with Crippen LogP contribution in [-0.4, -0.2) is 32.3 Å². The summed E-state index contributed by atoms with van der Waals surface area (Å²) in [6.45, 7) is 8.34. The van der Waals surface area contributed by atoms with Gasteiger partial charge >= 0.3 is 0 Å². The molecule has 0 aliphatic rings. The van der Waals surface area contributed by atoms with Crippen LogP contribution in [0.1, 0.15) is 42.5 Å². The van der Waals surface area contributed by atoms with Crippen molar-refractivity contribution in [2.45, 2.75) is 38.0 Å². The number of allylic oxidation sites excluding steroid dienone is 1. The van der Waals surface area contributed by atoms with E-state index in [0.29, 0.717) is 45.2 Å². The van der Waals surface area contributed by atoms with Crippen LogP contribution in [0.3, 0.4) is 0 Å². The SMILES string of the molecule is C=CCn1c(SCC(=O)Nc2ccccc2Cl)nnc1[C@@H](CC(C)C)NC(=O)c1ccc(Cl)cc1Cl. The van der Waals surface area contributed by atoms with Crippen LogP contribution in [0.5, 0.6) is 0 Å². The molecule has 0 spiro atoms. The van der Waals surface area contributed by atoms with Crippen LogP contribution in [0.4, 0.5) is 5.69 Å². The second kappa shape index (κ2) is 13.1. The van der Waals surface area contributed by atoms with Crippen molar-refractivity contribution in [3.63, 3.8) is 0 Å². The number of nitrogens with one attached hydrogen (secondary N) is 2. The number of para-hydroxylation sites is 1. The third kappa shape index (κ3) is 7.49. The van der Waals surface area contributed by atoms with E-state index < -0.39 is 6.04 Å². The highest BCUT2D eigenvalue weighted by atomic mass is 35.5. The van der Waals surface area contributed by atoms with Crippen molar-refractivity contribution in [3.05, 3.63) is 81.6 Å². The quantitative estimate of drug-likeness (QED) is 0.200. The van der Waals surface area contributed by atoms with Gasteiger partial charge < -0.3 is 15.2 Å².